The molecule has 4 heterocycles. The van der Waals surface area contributed by atoms with Crippen LogP contribution in [0.25, 0.3) is 0 Å². The molecule has 3 aliphatic heterocycles. The predicted molar refractivity (Wildman–Crippen MR) is 130 cm³/mol. The van der Waals surface area contributed by atoms with Crippen LogP contribution in [0.5, 0.6) is 0 Å². The summed E-state index contributed by atoms with van der Waals surface area (Å²) in [5.74, 6) is -0.510. The van der Waals surface area contributed by atoms with Crippen LogP contribution in [0.3, 0.4) is 0 Å². The molecule has 0 spiro atoms. The van der Waals surface area contributed by atoms with Crippen LogP contribution in [0, 0.1) is 11.3 Å². The van der Waals surface area contributed by atoms with Crippen molar-refractivity contribution in [3.05, 3.63) is 53.0 Å². The van der Waals surface area contributed by atoms with Gasteiger partial charge in [0.05, 0.1) is 30.8 Å². The molecule has 0 saturated carbocycles. The van der Waals surface area contributed by atoms with Gasteiger partial charge in [0, 0.05) is 62.2 Å². The number of piperidine rings is 1. The van der Waals surface area contributed by atoms with Gasteiger partial charge in [-0.25, -0.2) is 8.78 Å². The maximum atomic E-state index is 14.8. The van der Waals surface area contributed by atoms with Crippen molar-refractivity contribution < 1.29 is 18.3 Å². The molecular weight excluding hydrogens is 454 g/mol. The number of hydrogen-bond donors (Lipinski definition) is 3. The minimum absolute atomic E-state index is 0.0852. The lowest BCUT2D eigenvalue weighted by Gasteiger charge is -2.36. The van der Waals surface area contributed by atoms with E-state index in [1.807, 2.05) is 6.20 Å². The van der Waals surface area contributed by atoms with E-state index in [-0.39, 0.29) is 5.92 Å². The number of dihydropyridines is 1. The fourth-order valence-corrected chi connectivity index (χ4v) is 4.76. The SMILES string of the molecule is COC1NC=C(NC2=C(C(=N)c3cnn(CC4CCN(C(C)C)CC4F)c3)CCOCC2)C=C1F. The van der Waals surface area contributed by atoms with Gasteiger partial charge < -0.3 is 20.1 Å². The number of ether oxygens (including phenoxy) is 2. The van der Waals surface area contributed by atoms with E-state index in [9.17, 15) is 8.78 Å². The number of halogens is 2. The van der Waals surface area contributed by atoms with Crippen LogP contribution in [-0.4, -0.2) is 72.2 Å². The lowest BCUT2D eigenvalue weighted by molar-refractivity contribution is 0.0562. The third-order valence-corrected chi connectivity index (χ3v) is 6.91. The minimum Gasteiger partial charge on any atom is -0.381 e. The topological polar surface area (TPSA) is 87.4 Å². The molecule has 0 bridgehead atoms. The molecule has 3 unspecified atom stereocenters. The number of alkyl halides is 1. The molecule has 8 nitrogen and oxygen atoms in total. The van der Waals surface area contributed by atoms with Gasteiger partial charge in [0.15, 0.2) is 12.1 Å². The Balaban J connectivity index is 1.46. The van der Waals surface area contributed by atoms with Crippen molar-refractivity contribution in [3.63, 3.8) is 0 Å². The average molecular weight is 491 g/mol. The fraction of sp³-hybridized carbons (Fsp3) is 0.600. The van der Waals surface area contributed by atoms with Gasteiger partial charge in [-0.1, -0.05) is 0 Å². The van der Waals surface area contributed by atoms with E-state index in [1.54, 1.807) is 17.1 Å². The van der Waals surface area contributed by atoms with E-state index in [1.165, 1.54) is 13.2 Å². The van der Waals surface area contributed by atoms with Crippen LogP contribution >= 0.6 is 0 Å². The van der Waals surface area contributed by atoms with Gasteiger partial charge in [0.25, 0.3) is 0 Å². The summed E-state index contributed by atoms with van der Waals surface area (Å²) in [7, 11) is 1.43. The van der Waals surface area contributed by atoms with Gasteiger partial charge in [0.1, 0.15) is 6.17 Å². The molecular formula is C25H36F2N6O2. The first kappa shape index (κ1) is 25.5. The summed E-state index contributed by atoms with van der Waals surface area (Å²) in [5.41, 5.74) is 3.19. The zero-order valence-electron chi connectivity index (χ0n) is 20.7. The molecule has 0 aromatic carbocycles. The molecule has 1 saturated heterocycles. The third kappa shape index (κ3) is 6.17. The monoisotopic (exact) mass is 490 g/mol. The molecule has 1 fully saturated rings. The normalized spacial score (nSPS) is 26.2. The summed E-state index contributed by atoms with van der Waals surface area (Å²) < 4.78 is 41.4. The second kappa shape index (κ2) is 11.5. The Kier molecular flexibility index (Phi) is 8.35. The maximum absolute atomic E-state index is 14.8. The zero-order chi connectivity index (χ0) is 24.9. The van der Waals surface area contributed by atoms with Crippen LogP contribution in [0.15, 0.2) is 47.5 Å². The lowest BCUT2D eigenvalue weighted by atomic mass is 9.94. The van der Waals surface area contributed by atoms with Gasteiger partial charge in [-0.2, -0.15) is 5.10 Å². The van der Waals surface area contributed by atoms with Crippen LogP contribution < -0.4 is 10.6 Å². The van der Waals surface area contributed by atoms with E-state index >= 15 is 0 Å². The molecule has 192 valence electrons. The Labute approximate surface area is 205 Å². The van der Waals surface area contributed by atoms with Gasteiger partial charge in [0.2, 0.25) is 0 Å². The van der Waals surface area contributed by atoms with Crippen LogP contribution in [0.1, 0.15) is 38.7 Å². The number of aromatic nitrogens is 2. The molecule has 0 aliphatic carbocycles. The van der Waals surface area contributed by atoms with Crippen molar-refractivity contribution >= 4 is 5.71 Å². The highest BCUT2D eigenvalue weighted by Crippen LogP contribution is 2.25. The second-order valence-electron chi connectivity index (χ2n) is 9.59. The first-order valence-electron chi connectivity index (χ1n) is 12.3. The van der Waals surface area contributed by atoms with Gasteiger partial charge in [-0.05, 0) is 44.9 Å². The van der Waals surface area contributed by atoms with Crippen molar-refractivity contribution in [2.75, 3.05) is 33.4 Å². The van der Waals surface area contributed by atoms with Crippen molar-refractivity contribution in [1.82, 2.24) is 25.3 Å². The average Bonchev–Trinajstić information content (AvgIpc) is 3.18. The number of nitrogens with one attached hydrogen (secondary N) is 3. The maximum Gasteiger partial charge on any atom is 0.179 e. The van der Waals surface area contributed by atoms with Crippen LogP contribution in [0.2, 0.25) is 0 Å². The van der Waals surface area contributed by atoms with E-state index in [4.69, 9.17) is 14.9 Å². The highest BCUT2D eigenvalue weighted by molar-refractivity contribution is 6.10. The number of likely N-dealkylation sites (tertiary alicyclic amines) is 1. The molecule has 3 aliphatic rings. The largest absolute Gasteiger partial charge is 0.381 e. The van der Waals surface area contributed by atoms with E-state index in [0.29, 0.717) is 62.2 Å². The molecule has 35 heavy (non-hydrogen) atoms. The van der Waals surface area contributed by atoms with Gasteiger partial charge in [-0.3, -0.25) is 15.0 Å². The summed E-state index contributed by atoms with van der Waals surface area (Å²) in [6.07, 6.45) is 6.78. The second-order valence-corrected chi connectivity index (χ2v) is 9.59. The number of nitrogens with zero attached hydrogens (tertiary/aromatic N) is 3. The standard InChI is InChI=1S/C25H36F2N6O2/c1-16(2)32-7-4-17(22(27)15-32)13-33-14-18(11-30-33)24(28)20-5-8-35-9-6-23(20)31-19-10-21(26)25(34-3)29-12-19/h10-12,14,16-17,22,25,28-29,31H,4-9,13,15H2,1-3H3. The Morgan fingerprint density at radius 2 is 2.17 bits per heavy atom. The highest BCUT2D eigenvalue weighted by Gasteiger charge is 2.31. The van der Waals surface area contributed by atoms with Gasteiger partial charge >= 0.3 is 0 Å². The molecule has 1 aromatic heterocycles. The first-order chi connectivity index (χ1) is 16.9. The lowest BCUT2D eigenvalue weighted by Crippen LogP contribution is -2.46. The van der Waals surface area contributed by atoms with Crippen LogP contribution in [-0.2, 0) is 16.0 Å². The summed E-state index contributed by atoms with van der Waals surface area (Å²) in [6.45, 7) is 7.05. The third-order valence-electron chi connectivity index (χ3n) is 6.91. The van der Waals surface area contributed by atoms with Crippen molar-refractivity contribution in [2.24, 2.45) is 5.92 Å². The number of hydrogen-bond acceptors (Lipinski definition) is 7. The molecule has 0 amide bonds. The molecule has 3 atom stereocenters. The van der Waals surface area contributed by atoms with Crippen molar-refractivity contribution in [1.29, 1.82) is 5.41 Å². The highest BCUT2D eigenvalue weighted by atomic mass is 19.1. The summed E-state index contributed by atoms with van der Waals surface area (Å²) in [6, 6.07) is 0.346. The smallest absolute Gasteiger partial charge is 0.179 e. The number of rotatable bonds is 8. The Morgan fingerprint density at radius 1 is 1.37 bits per heavy atom. The van der Waals surface area contributed by atoms with E-state index in [0.717, 1.165) is 24.2 Å². The quantitative estimate of drug-likeness (QED) is 0.485. The summed E-state index contributed by atoms with van der Waals surface area (Å²) in [5, 5.41) is 19.4. The predicted octanol–water partition coefficient (Wildman–Crippen LogP) is 3.24. The van der Waals surface area contributed by atoms with Crippen molar-refractivity contribution in [2.45, 2.75) is 58.1 Å². The summed E-state index contributed by atoms with van der Waals surface area (Å²) in [4.78, 5) is 2.17. The molecule has 4 rings (SSSR count). The first-order valence-corrected chi connectivity index (χ1v) is 12.3. The molecule has 0 radical (unpaired) electrons. The Morgan fingerprint density at radius 3 is 2.89 bits per heavy atom. The van der Waals surface area contributed by atoms with Gasteiger partial charge in [-0.15, -0.1) is 0 Å². The number of methoxy groups -OCH3 is 1. The molecule has 3 N–H and O–H groups in total. The zero-order valence-corrected chi connectivity index (χ0v) is 20.7. The molecule has 10 heteroatoms. The van der Waals surface area contributed by atoms with E-state index < -0.39 is 18.2 Å². The minimum atomic E-state index is -0.890. The van der Waals surface area contributed by atoms with Crippen LogP contribution in [0.4, 0.5) is 8.78 Å². The molecule has 1 aromatic rings. The Hall–Kier alpha value is -2.56. The van der Waals surface area contributed by atoms with E-state index in [2.05, 4.69) is 34.5 Å². The fourth-order valence-electron chi connectivity index (χ4n) is 4.76. The van der Waals surface area contributed by atoms with Crippen molar-refractivity contribution in [3.8, 4) is 0 Å². The Bertz CT molecular complexity index is 1000. The number of allylic oxidation sites excluding steroid dienone is 1. The summed E-state index contributed by atoms with van der Waals surface area (Å²) >= 11 is 0.